The van der Waals surface area contributed by atoms with Crippen LogP contribution in [0.3, 0.4) is 0 Å². The number of hydrogen-bond acceptors (Lipinski definition) is 1. The van der Waals surface area contributed by atoms with Crippen molar-refractivity contribution in [2.75, 3.05) is 0 Å². The van der Waals surface area contributed by atoms with Crippen LogP contribution in [0.25, 0.3) is 0 Å². The maximum atomic E-state index is 9.76. The van der Waals surface area contributed by atoms with E-state index in [4.69, 9.17) is 0 Å². The van der Waals surface area contributed by atoms with E-state index in [0.717, 1.165) is 25.7 Å². The molecule has 88 valence electrons. The zero-order chi connectivity index (χ0) is 11.7. The predicted octanol–water partition coefficient (Wildman–Crippen LogP) is 4.09. The molecule has 1 nitrogen and oxygen atoms in total. The molecule has 0 aliphatic heterocycles. The molecule has 0 radical (unpaired) electrons. The van der Waals surface area contributed by atoms with Crippen molar-refractivity contribution in [1.82, 2.24) is 0 Å². The molecule has 1 N–H and O–H groups in total. The summed E-state index contributed by atoms with van der Waals surface area (Å²) in [5, 5.41) is 9.76. The zero-order valence-electron chi connectivity index (χ0n) is 10.7. The van der Waals surface area contributed by atoms with Gasteiger partial charge in [0.25, 0.3) is 0 Å². The maximum Gasteiger partial charge on any atom is 0.0622 e. The van der Waals surface area contributed by atoms with Crippen LogP contribution in [0, 0.1) is 5.41 Å². The van der Waals surface area contributed by atoms with Crippen molar-refractivity contribution in [3.8, 4) is 0 Å². The molecule has 0 saturated carbocycles. The van der Waals surface area contributed by atoms with Crippen LogP contribution in [0.5, 0.6) is 0 Å². The fraction of sp³-hybridized carbons (Fsp3) is 0.714. The van der Waals surface area contributed by atoms with Crippen molar-refractivity contribution in [2.24, 2.45) is 5.41 Å². The van der Waals surface area contributed by atoms with E-state index in [2.05, 4.69) is 52.0 Å². The fourth-order valence-corrected chi connectivity index (χ4v) is 1.17. The Kier molecular flexibility index (Phi) is 7.41. The molecule has 0 amide bonds. The monoisotopic (exact) mass is 210 g/mol. The highest BCUT2D eigenvalue weighted by molar-refractivity contribution is 4.90. The van der Waals surface area contributed by atoms with Crippen LogP contribution >= 0.6 is 0 Å². The lowest BCUT2D eigenvalue weighted by Gasteiger charge is -2.24. The topological polar surface area (TPSA) is 20.2 Å². The van der Waals surface area contributed by atoms with Crippen molar-refractivity contribution in [1.29, 1.82) is 0 Å². The third-order valence-electron chi connectivity index (χ3n) is 2.43. The van der Waals surface area contributed by atoms with Gasteiger partial charge in [0.1, 0.15) is 0 Å². The Morgan fingerprint density at radius 1 is 1.00 bits per heavy atom. The molecule has 0 aliphatic carbocycles. The Morgan fingerprint density at radius 3 is 2.00 bits per heavy atom. The van der Waals surface area contributed by atoms with E-state index in [1.54, 1.807) is 0 Å². The molecule has 15 heavy (non-hydrogen) atoms. The standard InChI is InChI=1S/C14H26O/c1-5-6-7-8-9-10-11-12-13(15)14(2,3)4/h6-7,10-11,13,15H,5,8-9,12H2,1-4H3/b7-6+,11-10+. The average Bonchev–Trinajstić information content (AvgIpc) is 2.14. The summed E-state index contributed by atoms with van der Waals surface area (Å²) in [6.07, 6.45) is 12.5. The van der Waals surface area contributed by atoms with E-state index in [9.17, 15) is 5.11 Å². The van der Waals surface area contributed by atoms with Crippen molar-refractivity contribution >= 4 is 0 Å². The summed E-state index contributed by atoms with van der Waals surface area (Å²) in [6.45, 7) is 8.34. The van der Waals surface area contributed by atoms with Crippen LogP contribution in [0.1, 0.15) is 53.4 Å². The van der Waals surface area contributed by atoms with Crippen molar-refractivity contribution in [2.45, 2.75) is 59.5 Å². The van der Waals surface area contributed by atoms with E-state index in [1.165, 1.54) is 0 Å². The summed E-state index contributed by atoms with van der Waals surface area (Å²) in [7, 11) is 0. The minimum absolute atomic E-state index is 0.00749. The van der Waals surface area contributed by atoms with Crippen LogP contribution in [-0.2, 0) is 0 Å². The SMILES string of the molecule is CC/C=C/CC/C=C/CC(O)C(C)(C)C. The second-order valence-corrected chi connectivity index (χ2v) is 5.05. The largest absolute Gasteiger partial charge is 0.392 e. The van der Waals surface area contributed by atoms with Crippen LogP contribution in [-0.4, -0.2) is 11.2 Å². The summed E-state index contributed by atoms with van der Waals surface area (Å²) in [6, 6.07) is 0. The molecule has 0 saturated heterocycles. The third-order valence-corrected chi connectivity index (χ3v) is 2.43. The number of unbranched alkanes of at least 4 members (excludes halogenated alkanes) is 1. The quantitative estimate of drug-likeness (QED) is 0.517. The number of aliphatic hydroxyl groups excluding tert-OH is 1. The second-order valence-electron chi connectivity index (χ2n) is 5.05. The molecule has 0 heterocycles. The Labute approximate surface area is 94.9 Å². The molecule has 0 fully saturated rings. The molecule has 1 atom stereocenters. The summed E-state index contributed by atoms with van der Waals surface area (Å²) >= 11 is 0. The van der Waals surface area contributed by atoms with E-state index in [-0.39, 0.29) is 11.5 Å². The average molecular weight is 210 g/mol. The highest BCUT2D eigenvalue weighted by Gasteiger charge is 2.20. The Balaban J connectivity index is 3.59. The van der Waals surface area contributed by atoms with E-state index >= 15 is 0 Å². The highest BCUT2D eigenvalue weighted by atomic mass is 16.3. The minimum atomic E-state index is -0.236. The fourth-order valence-electron chi connectivity index (χ4n) is 1.17. The van der Waals surface area contributed by atoms with Gasteiger partial charge in [0.15, 0.2) is 0 Å². The highest BCUT2D eigenvalue weighted by Crippen LogP contribution is 2.21. The molecule has 0 rings (SSSR count). The van der Waals surface area contributed by atoms with Gasteiger partial charge in [0.05, 0.1) is 6.10 Å². The van der Waals surface area contributed by atoms with Gasteiger partial charge in [0, 0.05) is 0 Å². The van der Waals surface area contributed by atoms with Gasteiger partial charge in [-0.1, -0.05) is 52.0 Å². The van der Waals surface area contributed by atoms with Crippen LogP contribution in [0.15, 0.2) is 24.3 Å². The van der Waals surface area contributed by atoms with Gasteiger partial charge in [0.2, 0.25) is 0 Å². The van der Waals surface area contributed by atoms with Gasteiger partial charge in [-0.15, -0.1) is 0 Å². The molecule has 0 aromatic rings. The first-order chi connectivity index (χ1) is 6.98. The predicted molar refractivity (Wildman–Crippen MR) is 67.9 cm³/mol. The van der Waals surface area contributed by atoms with Crippen LogP contribution in [0.2, 0.25) is 0 Å². The summed E-state index contributed by atoms with van der Waals surface area (Å²) in [4.78, 5) is 0. The molecule has 0 aromatic heterocycles. The van der Waals surface area contributed by atoms with E-state index < -0.39 is 0 Å². The van der Waals surface area contributed by atoms with Gasteiger partial charge in [-0.25, -0.2) is 0 Å². The second kappa shape index (κ2) is 7.70. The third kappa shape index (κ3) is 8.44. The Morgan fingerprint density at radius 2 is 1.53 bits per heavy atom. The molecular weight excluding hydrogens is 184 g/mol. The number of hydrogen-bond donors (Lipinski definition) is 1. The van der Waals surface area contributed by atoms with Gasteiger partial charge < -0.3 is 5.11 Å². The smallest absolute Gasteiger partial charge is 0.0622 e. The maximum absolute atomic E-state index is 9.76. The van der Waals surface area contributed by atoms with Gasteiger partial charge in [-0.2, -0.15) is 0 Å². The summed E-state index contributed by atoms with van der Waals surface area (Å²) in [5.41, 5.74) is -0.00749. The normalized spacial score (nSPS) is 15.3. The van der Waals surface area contributed by atoms with Crippen molar-refractivity contribution in [3.05, 3.63) is 24.3 Å². The lowest BCUT2D eigenvalue weighted by Crippen LogP contribution is -2.24. The molecule has 1 heteroatoms. The van der Waals surface area contributed by atoms with Crippen LogP contribution < -0.4 is 0 Å². The first-order valence-corrected chi connectivity index (χ1v) is 5.96. The molecule has 0 aromatic carbocycles. The van der Waals surface area contributed by atoms with Gasteiger partial charge in [-0.3, -0.25) is 0 Å². The molecule has 0 spiro atoms. The number of rotatable bonds is 6. The Bertz CT molecular complexity index is 196. The molecule has 0 aliphatic rings. The molecular formula is C14H26O. The van der Waals surface area contributed by atoms with Gasteiger partial charge in [-0.05, 0) is 31.1 Å². The zero-order valence-corrected chi connectivity index (χ0v) is 10.7. The van der Waals surface area contributed by atoms with Crippen molar-refractivity contribution in [3.63, 3.8) is 0 Å². The summed E-state index contributed by atoms with van der Waals surface area (Å²) < 4.78 is 0. The number of aliphatic hydroxyl groups is 1. The first kappa shape index (κ1) is 14.4. The minimum Gasteiger partial charge on any atom is -0.392 e. The van der Waals surface area contributed by atoms with Crippen molar-refractivity contribution < 1.29 is 5.11 Å². The molecule has 1 unspecified atom stereocenters. The van der Waals surface area contributed by atoms with Gasteiger partial charge >= 0.3 is 0 Å². The van der Waals surface area contributed by atoms with E-state index in [0.29, 0.717) is 0 Å². The molecule has 0 bridgehead atoms. The summed E-state index contributed by atoms with van der Waals surface area (Å²) in [5.74, 6) is 0. The van der Waals surface area contributed by atoms with Crippen LogP contribution in [0.4, 0.5) is 0 Å². The number of allylic oxidation sites excluding steroid dienone is 3. The van der Waals surface area contributed by atoms with E-state index in [1.807, 2.05) is 0 Å². The lowest BCUT2D eigenvalue weighted by molar-refractivity contribution is 0.0659. The Hall–Kier alpha value is -0.560. The first-order valence-electron chi connectivity index (χ1n) is 5.96. The lowest BCUT2D eigenvalue weighted by atomic mass is 9.87.